The summed E-state index contributed by atoms with van der Waals surface area (Å²) >= 11 is 0. The number of unbranched alkanes of at least 4 members (excludes halogenated alkanes) is 2. The summed E-state index contributed by atoms with van der Waals surface area (Å²) in [6, 6.07) is 0. The second kappa shape index (κ2) is 11.9. The fraction of sp³-hybridized carbons (Fsp3) is 0.762. The quantitative estimate of drug-likeness (QED) is 0.177. The Morgan fingerprint density at radius 3 is 2.56 bits per heavy atom. The molecule has 2 amide bonds. The number of likely N-dealkylation sites (N-methyl/N-ethyl adjacent to an activating group) is 1. The van der Waals surface area contributed by atoms with E-state index in [0.29, 0.717) is 35.7 Å². The van der Waals surface area contributed by atoms with E-state index in [1.54, 1.807) is 0 Å². The van der Waals surface area contributed by atoms with Gasteiger partial charge in [0.15, 0.2) is 0 Å². The van der Waals surface area contributed by atoms with Gasteiger partial charge in [0.1, 0.15) is 5.82 Å². The van der Waals surface area contributed by atoms with Gasteiger partial charge in [-0.25, -0.2) is 5.06 Å². The van der Waals surface area contributed by atoms with Gasteiger partial charge in [-0.15, -0.1) is 0 Å². The van der Waals surface area contributed by atoms with Crippen molar-refractivity contribution in [1.29, 1.82) is 0 Å². The minimum absolute atomic E-state index is 0.0573. The van der Waals surface area contributed by atoms with Crippen LogP contribution in [-0.4, -0.2) is 81.7 Å². The number of hydrazine groups is 1. The van der Waals surface area contributed by atoms with Gasteiger partial charge in [-0.2, -0.15) is 15.0 Å². The Kier molecular flexibility index (Phi) is 8.98. The monoisotopic (exact) mass is 448 g/mol. The zero-order valence-corrected chi connectivity index (χ0v) is 19.2. The first-order valence-electron chi connectivity index (χ1n) is 11.7. The van der Waals surface area contributed by atoms with Crippen molar-refractivity contribution in [3.63, 3.8) is 0 Å². The van der Waals surface area contributed by atoms with Gasteiger partial charge in [0.25, 0.3) is 0 Å². The van der Waals surface area contributed by atoms with Crippen LogP contribution in [0.3, 0.4) is 0 Å². The largest absolute Gasteiger partial charge is 0.338 e. The Bertz CT molecular complexity index is 753. The molecule has 1 aromatic rings. The average Bonchev–Trinajstić information content (AvgIpc) is 3.67. The molecule has 0 radical (unpaired) electrons. The average molecular weight is 449 g/mol. The number of anilines is 2. The molecule has 0 bridgehead atoms. The van der Waals surface area contributed by atoms with Crippen molar-refractivity contribution in [3.05, 3.63) is 5.82 Å². The van der Waals surface area contributed by atoms with Crippen LogP contribution in [-0.2, 0) is 9.59 Å². The summed E-state index contributed by atoms with van der Waals surface area (Å²) in [6.45, 7) is 8.86. The molecular weight excluding hydrogens is 412 g/mol. The van der Waals surface area contributed by atoms with Gasteiger partial charge in [-0.3, -0.25) is 25.6 Å². The molecule has 2 fully saturated rings. The smallest absolute Gasteiger partial charge is 0.246 e. The van der Waals surface area contributed by atoms with Crippen LogP contribution in [0.1, 0.15) is 64.1 Å². The molecule has 0 spiro atoms. The highest BCUT2D eigenvalue weighted by molar-refractivity contribution is 5.80. The van der Waals surface area contributed by atoms with Crippen LogP contribution >= 0.6 is 0 Å². The number of carbonyl (C=O) groups is 2. The molecule has 2 aliphatic rings. The highest BCUT2D eigenvalue weighted by Gasteiger charge is 2.29. The summed E-state index contributed by atoms with van der Waals surface area (Å²) < 4.78 is 0. The van der Waals surface area contributed by atoms with E-state index in [2.05, 4.69) is 49.5 Å². The minimum atomic E-state index is -0.532. The Labute approximate surface area is 189 Å². The van der Waals surface area contributed by atoms with Crippen LogP contribution in [0.25, 0.3) is 0 Å². The Morgan fingerprint density at radius 2 is 1.94 bits per heavy atom. The predicted octanol–water partition coefficient (Wildman–Crippen LogP) is 1.38. The van der Waals surface area contributed by atoms with Gasteiger partial charge in [0, 0.05) is 32.1 Å². The van der Waals surface area contributed by atoms with Crippen LogP contribution in [0.2, 0.25) is 0 Å². The third kappa shape index (κ3) is 6.99. The molecule has 1 saturated heterocycles. The normalized spacial score (nSPS) is 17.7. The molecule has 3 rings (SSSR count). The number of amides is 2. The van der Waals surface area contributed by atoms with Crippen molar-refractivity contribution in [3.8, 4) is 0 Å². The van der Waals surface area contributed by atoms with Crippen LogP contribution < -0.4 is 15.8 Å². The minimum Gasteiger partial charge on any atom is -0.338 e. The number of hydrogen-bond donors (Lipinski definition) is 3. The van der Waals surface area contributed by atoms with E-state index in [-0.39, 0.29) is 12.5 Å². The highest BCUT2D eigenvalue weighted by Crippen LogP contribution is 2.38. The molecule has 1 saturated carbocycles. The summed E-state index contributed by atoms with van der Waals surface area (Å²) in [6.07, 6.45) is 5.86. The van der Waals surface area contributed by atoms with Crippen LogP contribution in [0.4, 0.5) is 11.9 Å². The summed E-state index contributed by atoms with van der Waals surface area (Å²) in [5, 5.41) is 10.1. The van der Waals surface area contributed by atoms with Gasteiger partial charge in [0.2, 0.25) is 24.2 Å². The lowest BCUT2D eigenvalue weighted by Gasteiger charge is -2.34. The predicted molar refractivity (Wildman–Crippen MR) is 120 cm³/mol. The molecule has 3 N–H and O–H groups in total. The van der Waals surface area contributed by atoms with Gasteiger partial charge >= 0.3 is 0 Å². The molecule has 1 aliphatic heterocycles. The second-order valence-electron chi connectivity index (χ2n) is 8.55. The Balaban J connectivity index is 1.65. The third-order valence-electron chi connectivity index (χ3n) is 6.04. The molecule has 2 heterocycles. The number of nitrogens with one attached hydrogen (secondary N) is 2. The van der Waals surface area contributed by atoms with Gasteiger partial charge in [-0.1, -0.05) is 33.1 Å². The van der Waals surface area contributed by atoms with Crippen LogP contribution in [0.5, 0.6) is 0 Å². The molecule has 1 aromatic heterocycles. The van der Waals surface area contributed by atoms with E-state index in [0.717, 1.165) is 70.7 Å². The Morgan fingerprint density at radius 1 is 1.19 bits per heavy atom. The summed E-state index contributed by atoms with van der Waals surface area (Å²) in [5.41, 5.74) is 5.51. The lowest BCUT2D eigenvalue weighted by atomic mass is 10.0. The maximum atomic E-state index is 12.7. The molecule has 11 heteroatoms. The first-order chi connectivity index (χ1) is 15.5. The maximum Gasteiger partial charge on any atom is 0.246 e. The Hall–Kier alpha value is -2.53. The summed E-state index contributed by atoms with van der Waals surface area (Å²) in [7, 11) is 0. The highest BCUT2D eigenvalue weighted by atomic mass is 16.5. The standard InChI is InChI=1S/C21H36N8O3/c1-3-5-6-7-17(14-29(32)15-30)19(31)25-26-20-22-18(16-8-9-16)23-21(24-20)28-12-10-27(4-2)11-13-28/h15-17,32H,3-14H2,1-2H3,(H,25,31)(H,22,23,24,26)/t17-/m0/s1. The molecule has 32 heavy (non-hydrogen) atoms. The molecule has 1 atom stereocenters. The number of nitrogens with zero attached hydrogens (tertiary/aromatic N) is 6. The molecule has 178 valence electrons. The zero-order chi connectivity index (χ0) is 22.9. The van der Waals surface area contributed by atoms with E-state index >= 15 is 0 Å². The van der Waals surface area contributed by atoms with E-state index in [4.69, 9.17) is 0 Å². The maximum absolute atomic E-state index is 12.7. The van der Waals surface area contributed by atoms with E-state index in [1.807, 2.05) is 0 Å². The van der Waals surface area contributed by atoms with E-state index in [1.165, 1.54) is 0 Å². The van der Waals surface area contributed by atoms with Crippen molar-refractivity contribution in [2.45, 2.75) is 58.3 Å². The van der Waals surface area contributed by atoms with Crippen molar-refractivity contribution >= 4 is 24.2 Å². The lowest BCUT2D eigenvalue weighted by molar-refractivity contribution is -0.154. The lowest BCUT2D eigenvalue weighted by Crippen LogP contribution is -2.47. The van der Waals surface area contributed by atoms with Crippen LogP contribution in [0, 0.1) is 5.92 Å². The number of rotatable bonds is 13. The van der Waals surface area contributed by atoms with E-state index < -0.39 is 5.92 Å². The molecule has 11 nitrogen and oxygen atoms in total. The fourth-order valence-electron chi connectivity index (χ4n) is 3.80. The number of hydrogen-bond acceptors (Lipinski definition) is 9. The third-order valence-corrected chi connectivity index (χ3v) is 6.04. The van der Waals surface area contributed by atoms with Crippen LogP contribution in [0.15, 0.2) is 0 Å². The molecule has 1 aliphatic carbocycles. The molecule has 0 aromatic carbocycles. The number of carbonyl (C=O) groups excluding carboxylic acids is 2. The summed E-state index contributed by atoms with van der Waals surface area (Å²) in [5.74, 6) is 1.21. The number of aromatic nitrogens is 3. The first-order valence-corrected chi connectivity index (χ1v) is 11.7. The van der Waals surface area contributed by atoms with Gasteiger partial charge < -0.3 is 9.80 Å². The van der Waals surface area contributed by atoms with Crippen molar-refractivity contribution in [2.75, 3.05) is 49.6 Å². The van der Waals surface area contributed by atoms with Gasteiger partial charge in [0.05, 0.1) is 12.5 Å². The van der Waals surface area contributed by atoms with Gasteiger partial charge in [-0.05, 0) is 25.8 Å². The van der Waals surface area contributed by atoms with Crippen molar-refractivity contribution in [2.24, 2.45) is 5.92 Å². The molecule has 0 unspecified atom stereocenters. The fourth-order valence-corrected chi connectivity index (χ4v) is 3.80. The SMILES string of the molecule is CCCCC[C@@H](CN(O)C=O)C(=O)NNc1nc(C2CC2)nc(N2CCN(CC)CC2)n1. The number of piperazine rings is 1. The van der Waals surface area contributed by atoms with Crippen molar-refractivity contribution in [1.82, 2.24) is 30.3 Å². The van der Waals surface area contributed by atoms with E-state index in [9.17, 15) is 14.8 Å². The zero-order valence-electron chi connectivity index (χ0n) is 19.2. The number of hydroxylamine groups is 2. The molecular formula is C21H36N8O3. The van der Waals surface area contributed by atoms with Crippen molar-refractivity contribution < 1.29 is 14.8 Å². The summed E-state index contributed by atoms with van der Waals surface area (Å²) in [4.78, 5) is 41.8. The first kappa shape index (κ1) is 24.1. The topological polar surface area (TPSA) is 127 Å². The second-order valence-corrected chi connectivity index (χ2v) is 8.55.